The van der Waals surface area contributed by atoms with Crippen LogP contribution in [0, 0.1) is 0 Å². The Morgan fingerprint density at radius 3 is 2.86 bits per heavy atom. The number of nitrogens with one attached hydrogen (secondary N) is 1. The van der Waals surface area contributed by atoms with Crippen LogP contribution in [-0.4, -0.2) is 30.8 Å². The van der Waals surface area contributed by atoms with Crippen LogP contribution in [0.25, 0.3) is 16.6 Å². The number of ether oxygens (including phenoxy) is 1. The number of nitrogens with zero attached hydrogens (tertiary/aromatic N) is 3. The molecule has 0 atom stereocenters. The smallest absolute Gasteiger partial charge is 0.449 e. The predicted molar refractivity (Wildman–Crippen MR) is 71.8 cm³/mol. The fraction of sp³-hybridized carbons (Fsp3) is 0.231. The van der Waals surface area contributed by atoms with Gasteiger partial charge in [-0.05, 0) is 42.5 Å². The minimum absolute atomic E-state index is 0.291. The van der Waals surface area contributed by atoms with Crippen molar-refractivity contribution in [3.05, 3.63) is 33.7 Å². The average Bonchev–Trinajstić information content (AvgIpc) is 3.02. The predicted octanol–water partition coefficient (Wildman–Crippen LogP) is 1.12. The maximum Gasteiger partial charge on any atom is 0.513 e. The maximum atomic E-state index is 12.0. The number of rotatable bonds is 1. The molecule has 8 heteroatoms. The molecule has 21 heavy (non-hydrogen) atoms. The minimum Gasteiger partial charge on any atom is -0.449 e. The summed E-state index contributed by atoms with van der Waals surface area (Å²) in [4.78, 5) is 29.3. The summed E-state index contributed by atoms with van der Waals surface area (Å²) in [6.45, 7) is 0. The van der Waals surface area contributed by atoms with Gasteiger partial charge in [-0.1, -0.05) is 0 Å². The number of fused-ring (bicyclic) bond motifs is 4. The van der Waals surface area contributed by atoms with E-state index in [0.717, 1.165) is 29.2 Å². The topological polar surface area (TPSA) is 110 Å². The normalized spacial score (nSPS) is 13.7. The van der Waals surface area contributed by atoms with E-state index >= 15 is 0 Å². The first-order valence-corrected chi connectivity index (χ1v) is 6.47. The van der Waals surface area contributed by atoms with Crippen LogP contribution in [0.1, 0.15) is 17.5 Å². The SMILES string of the molecule is O=C(O)Oc1nc2c3cc4c(cc3[nH]c(=O)n2n1)CCC4. The van der Waals surface area contributed by atoms with Crippen molar-refractivity contribution in [2.45, 2.75) is 19.3 Å². The molecule has 0 fully saturated rings. The average molecular weight is 286 g/mol. The molecule has 0 aliphatic heterocycles. The number of H-pyrrole nitrogens is 1. The number of carboxylic acid groups (broad SMARTS) is 1. The van der Waals surface area contributed by atoms with Crippen LogP contribution in [-0.2, 0) is 12.8 Å². The standard InChI is InChI=1S/C13H10N4O4/c18-12-14-9-5-7-3-1-2-6(7)4-8(9)10-15-11(16-17(10)12)21-13(19)20/h4-5H,1-3H2,(H,14,18)(H,19,20). The molecule has 0 saturated carbocycles. The number of aromatic amines is 1. The summed E-state index contributed by atoms with van der Waals surface area (Å²) in [7, 11) is 0. The van der Waals surface area contributed by atoms with E-state index in [1.54, 1.807) is 0 Å². The minimum atomic E-state index is -1.52. The molecule has 8 nitrogen and oxygen atoms in total. The molecule has 1 aliphatic rings. The molecule has 106 valence electrons. The summed E-state index contributed by atoms with van der Waals surface area (Å²) in [6.07, 6.45) is 1.56. The van der Waals surface area contributed by atoms with Crippen molar-refractivity contribution < 1.29 is 14.6 Å². The van der Waals surface area contributed by atoms with E-state index < -0.39 is 11.8 Å². The van der Waals surface area contributed by atoms with Crippen LogP contribution >= 0.6 is 0 Å². The number of aromatic nitrogens is 4. The number of hydrogen-bond donors (Lipinski definition) is 2. The molecule has 1 aromatic carbocycles. The van der Waals surface area contributed by atoms with Crippen molar-refractivity contribution in [1.29, 1.82) is 0 Å². The number of aryl methyl sites for hydroxylation is 2. The Labute approximate surface area is 117 Å². The lowest BCUT2D eigenvalue weighted by Gasteiger charge is -2.03. The second kappa shape index (κ2) is 4.05. The summed E-state index contributed by atoms with van der Waals surface area (Å²) in [5.41, 5.74) is 2.93. The lowest BCUT2D eigenvalue weighted by Crippen LogP contribution is -2.17. The quantitative estimate of drug-likeness (QED) is 0.649. The van der Waals surface area contributed by atoms with Gasteiger partial charge in [-0.3, -0.25) is 0 Å². The van der Waals surface area contributed by atoms with Gasteiger partial charge in [-0.25, -0.2) is 9.59 Å². The Balaban J connectivity index is 2.05. The van der Waals surface area contributed by atoms with Gasteiger partial charge in [0, 0.05) is 5.39 Å². The summed E-state index contributed by atoms with van der Waals surface area (Å²) in [6, 6.07) is 3.56. The molecule has 4 rings (SSSR count). The van der Waals surface area contributed by atoms with Crippen LogP contribution in [0.2, 0.25) is 0 Å². The highest BCUT2D eigenvalue weighted by Gasteiger charge is 2.17. The Bertz CT molecular complexity index is 956. The zero-order valence-corrected chi connectivity index (χ0v) is 10.8. The van der Waals surface area contributed by atoms with Gasteiger partial charge < -0.3 is 14.8 Å². The number of carbonyl (C=O) groups is 1. The molecule has 2 heterocycles. The third kappa shape index (κ3) is 1.76. The first-order valence-electron chi connectivity index (χ1n) is 6.47. The maximum absolute atomic E-state index is 12.0. The van der Waals surface area contributed by atoms with Crippen LogP contribution in [0.3, 0.4) is 0 Å². The van der Waals surface area contributed by atoms with Crippen molar-refractivity contribution in [3.8, 4) is 6.01 Å². The summed E-state index contributed by atoms with van der Waals surface area (Å²) in [5.74, 6) is 0. The van der Waals surface area contributed by atoms with Gasteiger partial charge in [0.1, 0.15) is 0 Å². The molecule has 0 bridgehead atoms. The monoisotopic (exact) mass is 286 g/mol. The third-order valence-electron chi connectivity index (χ3n) is 3.67. The third-order valence-corrected chi connectivity index (χ3v) is 3.67. The molecule has 0 radical (unpaired) electrons. The van der Waals surface area contributed by atoms with Crippen LogP contribution < -0.4 is 10.4 Å². The molecular weight excluding hydrogens is 276 g/mol. The largest absolute Gasteiger partial charge is 0.513 e. The van der Waals surface area contributed by atoms with E-state index in [1.165, 1.54) is 11.1 Å². The van der Waals surface area contributed by atoms with Crippen molar-refractivity contribution in [1.82, 2.24) is 19.6 Å². The highest BCUT2D eigenvalue weighted by molar-refractivity contribution is 5.92. The Kier molecular flexibility index (Phi) is 2.29. The van der Waals surface area contributed by atoms with Gasteiger partial charge in [0.15, 0.2) is 5.65 Å². The fourth-order valence-electron chi connectivity index (χ4n) is 2.81. The molecule has 2 aromatic heterocycles. The molecule has 0 unspecified atom stereocenters. The van der Waals surface area contributed by atoms with Crippen molar-refractivity contribution >= 4 is 22.7 Å². The van der Waals surface area contributed by atoms with Crippen molar-refractivity contribution in [3.63, 3.8) is 0 Å². The summed E-state index contributed by atoms with van der Waals surface area (Å²) < 4.78 is 5.43. The Morgan fingerprint density at radius 2 is 2.10 bits per heavy atom. The molecular formula is C13H10N4O4. The van der Waals surface area contributed by atoms with E-state index in [9.17, 15) is 9.59 Å². The Hall–Kier alpha value is -2.90. The molecule has 2 N–H and O–H groups in total. The highest BCUT2D eigenvalue weighted by atomic mass is 16.7. The molecule has 0 amide bonds. The van der Waals surface area contributed by atoms with Crippen LogP contribution in [0.4, 0.5) is 4.79 Å². The first kappa shape index (κ1) is 11.9. The van der Waals surface area contributed by atoms with E-state index in [4.69, 9.17) is 5.11 Å². The summed E-state index contributed by atoms with van der Waals surface area (Å²) >= 11 is 0. The Morgan fingerprint density at radius 1 is 1.33 bits per heavy atom. The van der Waals surface area contributed by atoms with Gasteiger partial charge in [0.25, 0.3) is 0 Å². The first-order chi connectivity index (χ1) is 10.1. The van der Waals surface area contributed by atoms with Gasteiger partial charge in [-0.15, -0.1) is 5.10 Å². The highest BCUT2D eigenvalue weighted by Crippen LogP contribution is 2.27. The zero-order chi connectivity index (χ0) is 14.6. The number of hydrogen-bond acceptors (Lipinski definition) is 5. The zero-order valence-electron chi connectivity index (χ0n) is 10.8. The van der Waals surface area contributed by atoms with Gasteiger partial charge in [0.2, 0.25) is 0 Å². The molecule has 0 saturated heterocycles. The molecule has 0 spiro atoms. The second-order valence-corrected chi connectivity index (χ2v) is 4.95. The van der Waals surface area contributed by atoms with E-state index in [2.05, 4.69) is 19.8 Å². The van der Waals surface area contributed by atoms with E-state index in [1.807, 2.05) is 12.1 Å². The second-order valence-electron chi connectivity index (χ2n) is 4.95. The lowest BCUT2D eigenvalue weighted by molar-refractivity contribution is 0.140. The van der Waals surface area contributed by atoms with Crippen LogP contribution in [0.15, 0.2) is 16.9 Å². The number of benzene rings is 1. The van der Waals surface area contributed by atoms with E-state index in [0.29, 0.717) is 11.2 Å². The van der Waals surface area contributed by atoms with Crippen molar-refractivity contribution in [2.24, 2.45) is 0 Å². The van der Waals surface area contributed by atoms with E-state index in [-0.39, 0.29) is 6.01 Å². The molecule has 1 aliphatic carbocycles. The van der Waals surface area contributed by atoms with Gasteiger partial charge in [-0.2, -0.15) is 9.50 Å². The lowest BCUT2D eigenvalue weighted by atomic mass is 10.1. The summed E-state index contributed by atoms with van der Waals surface area (Å²) in [5, 5.41) is 13.1. The van der Waals surface area contributed by atoms with Gasteiger partial charge >= 0.3 is 17.9 Å². The van der Waals surface area contributed by atoms with Crippen LogP contribution in [0.5, 0.6) is 6.01 Å². The van der Waals surface area contributed by atoms with Crippen molar-refractivity contribution in [2.75, 3.05) is 0 Å². The van der Waals surface area contributed by atoms with Gasteiger partial charge in [0.05, 0.1) is 5.52 Å². The molecule has 3 aromatic rings. The fourth-order valence-corrected chi connectivity index (χ4v) is 2.81.